The van der Waals surface area contributed by atoms with Crippen LogP contribution >= 0.6 is 0 Å². The molecule has 0 spiro atoms. The fraction of sp³-hybridized carbons (Fsp3) is 0.333. The summed E-state index contributed by atoms with van der Waals surface area (Å²) in [5.41, 5.74) is 7.75. The van der Waals surface area contributed by atoms with Crippen molar-refractivity contribution in [1.29, 1.82) is 0 Å². The van der Waals surface area contributed by atoms with Gasteiger partial charge in [-0.05, 0) is 31.4 Å². The lowest BCUT2D eigenvalue weighted by atomic mass is 9.93. The van der Waals surface area contributed by atoms with Crippen LogP contribution in [0.5, 0.6) is 0 Å². The molecule has 1 aliphatic heterocycles. The first-order chi connectivity index (χ1) is 11.5. The van der Waals surface area contributed by atoms with Gasteiger partial charge in [0, 0.05) is 30.9 Å². The molecule has 2 heterocycles. The number of hydrogen-bond donors (Lipinski definition) is 1. The van der Waals surface area contributed by atoms with E-state index in [1.165, 1.54) is 23.5 Å². The van der Waals surface area contributed by atoms with Gasteiger partial charge in [-0.15, -0.1) is 0 Å². The summed E-state index contributed by atoms with van der Waals surface area (Å²) < 4.78 is 0. The van der Waals surface area contributed by atoms with Gasteiger partial charge in [0.2, 0.25) is 0 Å². The van der Waals surface area contributed by atoms with Crippen molar-refractivity contribution in [3.05, 3.63) is 59.2 Å². The minimum absolute atomic E-state index is 0.0299. The van der Waals surface area contributed by atoms with Gasteiger partial charge in [0.1, 0.15) is 0 Å². The molecule has 0 saturated carbocycles. The second-order valence-corrected chi connectivity index (χ2v) is 6.21. The minimum Gasteiger partial charge on any atom is -0.364 e. The number of nitrogens with zero attached hydrogens (tertiary/aromatic N) is 3. The Kier molecular flexibility index (Phi) is 4.29. The van der Waals surface area contributed by atoms with E-state index in [9.17, 15) is 9.59 Å². The van der Waals surface area contributed by atoms with Gasteiger partial charge >= 0.3 is 0 Å². The zero-order valence-corrected chi connectivity index (χ0v) is 13.8. The number of likely N-dealkylation sites (tertiary alicyclic amines) is 1. The molecule has 6 heteroatoms. The van der Waals surface area contributed by atoms with Crippen molar-refractivity contribution in [1.82, 2.24) is 14.9 Å². The normalized spacial score (nSPS) is 20.2. The maximum absolute atomic E-state index is 12.9. The van der Waals surface area contributed by atoms with Crippen LogP contribution in [0, 0.1) is 6.92 Å². The van der Waals surface area contributed by atoms with E-state index in [4.69, 9.17) is 5.73 Å². The Bertz CT molecular complexity index is 790. The van der Waals surface area contributed by atoms with E-state index in [0.717, 1.165) is 6.42 Å². The van der Waals surface area contributed by atoms with Gasteiger partial charge in [-0.3, -0.25) is 9.59 Å². The molecule has 0 bridgehead atoms. The summed E-state index contributed by atoms with van der Waals surface area (Å²) in [5.74, 6) is -0.756. The highest BCUT2D eigenvalue weighted by Gasteiger charge is 2.36. The molecular formula is C18H20N4O2. The molecule has 1 aromatic heterocycles. The fourth-order valence-electron chi connectivity index (χ4n) is 3.40. The summed E-state index contributed by atoms with van der Waals surface area (Å²) in [7, 11) is 0. The number of carbonyl (C=O) groups excluding carboxylic acids is 2. The van der Waals surface area contributed by atoms with E-state index in [1.54, 1.807) is 4.90 Å². The number of benzene rings is 1. The lowest BCUT2D eigenvalue weighted by Crippen LogP contribution is -2.36. The van der Waals surface area contributed by atoms with Gasteiger partial charge in [-0.25, -0.2) is 9.97 Å². The number of carbonyl (C=O) groups is 2. The molecule has 2 amide bonds. The summed E-state index contributed by atoms with van der Waals surface area (Å²) in [6.45, 7) is 4.69. The molecule has 6 nitrogen and oxygen atoms in total. The highest BCUT2D eigenvalue weighted by atomic mass is 16.2. The standard InChI is InChI=1S/C18H20N4O2/c1-11-5-3-4-6-14(11)13-9-12(2)22(10-13)18(24)16-15(17(19)23)20-7-8-21-16/h3-8,12-13H,9-10H2,1-2H3,(H2,19,23)/t12-,13-/m0/s1. The van der Waals surface area contributed by atoms with Crippen LogP contribution in [0.4, 0.5) is 0 Å². The minimum atomic E-state index is -0.742. The Labute approximate surface area is 140 Å². The number of hydrogen-bond acceptors (Lipinski definition) is 4. The second-order valence-electron chi connectivity index (χ2n) is 6.21. The number of aryl methyl sites for hydroxylation is 1. The molecular weight excluding hydrogens is 304 g/mol. The average molecular weight is 324 g/mol. The SMILES string of the molecule is Cc1ccccc1[C@H]1C[C@H](C)N(C(=O)c2nccnc2C(N)=O)C1. The molecule has 2 atom stereocenters. The highest BCUT2D eigenvalue weighted by Crippen LogP contribution is 2.34. The van der Waals surface area contributed by atoms with Crippen molar-refractivity contribution in [2.75, 3.05) is 6.54 Å². The molecule has 1 aromatic carbocycles. The van der Waals surface area contributed by atoms with Gasteiger partial charge in [0.15, 0.2) is 11.4 Å². The Morgan fingerprint density at radius 1 is 1.17 bits per heavy atom. The van der Waals surface area contributed by atoms with Crippen molar-refractivity contribution in [2.24, 2.45) is 5.73 Å². The Morgan fingerprint density at radius 2 is 1.83 bits per heavy atom. The Morgan fingerprint density at radius 3 is 2.50 bits per heavy atom. The van der Waals surface area contributed by atoms with E-state index in [0.29, 0.717) is 6.54 Å². The lowest BCUT2D eigenvalue weighted by molar-refractivity contribution is 0.0733. The summed E-state index contributed by atoms with van der Waals surface area (Å²) in [4.78, 5) is 34.1. The molecule has 1 fully saturated rings. The van der Waals surface area contributed by atoms with Crippen LogP contribution in [0.3, 0.4) is 0 Å². The van der Waals surface area contributed by atoms with Crippen LogP contribution in [0.25, 0.3) is 0 Å². The second kappa shape index (κ2) is 6.39. The van der Waals surface area contributed by atoms with E-state index >= 15 is 0 Å². The highest BCUT2D eigenvalue weighted by molar-refractivity contribution is 6.04. The van der Waals surface area contributed by atoms with Crippen molar-refractivity contribution >= 4 is 11.8 Å². The van der Waals surface area contributed by atoms with Crippen molar-refractivity contribution in [3.63, 3.8) is 0 Å². The fourth-order valence-corrected chi connectivity index (χ4v) is 3.40. The van der Waals surface area contributed by atoms with Crippen molar-refractivity contribution in [2.45, 2.75) is 32.2 Å². The molecule has 0 radical (unpaired) electrons. The number of rotatable bonds is 3. The molecule has 0 unspecified atom stereocenters. The van der Waals surface area contributed by atoms with Crippen LogP contribution in [0.2, 0.25) is 0 Å². The molecule has 0 aliphatic carbocycles. The van der Waals surface area contributed by atoms with Crippen molar-refractivity contribution < 1.29 is 9.59 Å². The summed E-state index contributed by atoms with van der Waals surface area (Å²) >= 11 is 0. The summed E-state index contributed by atoms with van der Waals surface area (Å²) in [6.07, 6.45) is 3.64. The van der Waals surface area contributed by atoms with E-state index in [1.807, 2.05) is 19.1 Å². The average Bonchev–Trinajstić information content (AvgIpc) is 2.96. The van der Waals surface area contributed by atoms with E-state index < -0.39 is 5.91 Å². The number of amides is 2. The molecule has 2 aromatic rings. The van der Waals surface area contributed by atoms with Gasteiger partial charge in [0.25, 0.3) is 11.8 Å². The molecule has 2 N–H and O–H groups in total. The molecule has 3 rings (SSSR count). The predicted octanol–water partition coefficient (Wildman–Crippen LogP) is 1.90. The van der Waals surface area contributed by atoms with E-state index in [2.05, 4.69) is 29.0 Å². The number of nitrogens with two attached hydrogens (primary N) is 1. The van der Waals surface area contributed by atoms with Gasteiger partial charge in [-0.1, -0.05) is 24.3 Å². The zero-order chi connectivity index (χ0) is 17.3. The Hall–Kier alpha value is -2.76. The molecule has 1 aliphatic rings. The molecule has 24 heavy (non-hydrogen) atoms. The predicted molar refractivity (Wildman–Crippen MR) is 89.6 cm³/mol. The first kappa shape index (κ1) is 16.1. The topological polar surface area (TPSA) is 89.2 Å². The molecule has 1 saturated heterocycles. The molecule has 124 valence electrons. The van der Waals surface area contributed by atoms with Crippen LogP contribution in [0.15, 0.2) is 36.7 Å². The van der Waals surface area contributed by atoms with Gasteiger partial charge in [-0.2, -0.15) is 0 Å². The third kappa shape index (κ3) is 2.87. The largest absolute Gasteiger partial charge is 0.364 e. The van der Waals surface area contributed by atoms with Crippen LogP contribution < -0.4 is 5.73 Å². The monoisotopic (exact) mass is 324 g/mol. The quantitative estimate of drug-likeness (QED) is 0.934. The zero-order valence-electron chi connectivity index (χ0n) is 13.8. The first-order valence-corrected chi connectivity index (χ1v) is 7.96. The van der Waals surface area contributed by atoms with Crippen molar-refractivity contribution in [3.8, 4) is 0 Å². The van der Waals surface area contributed by atoms with Gasteiger partial charge in [0.05, 0.1) is 0 Å². The van der Waals surface area contributed by atoms with Crippen LogP contribution in [0.1, 0.15) is 51.4 Å². The third-order valence-corrected chi connectivity index (χ3v) is 4.60. The smallest absolute Gasteiger partial charge is 0.275 e. The lowest BCUT2D eigenvalue weighted by Gasteiger charge is -2.21. The van der Waals surface area contributed by atoms with Crippen LogP contribution in [-0.4, -0.2) is 39.3 Å². The van der Waals surface area contributed by atoms with E-state index in [-0.39, 0.29) is 29.3 Å². The number of aromatic nitrogens is 2. The summed E-state index contributed by atoms with van der Waals surface area (Å²) in [6, 6.07) is 8.28. The first-order valence-electron chi connectivity index (χ1n) is 7.96. The third-order valence-electron chi connectivity index (χ3n) is 4.60. The number of primary amides is 1. The maximum Gasteiger partial charge on any atom is 0.275 e. The maximum atomic E-state index is 12.9. The summed E-state index contributed by atoms with van der Waals surface area (Å²) in [5, 5.41) is 0. The Balaban J connectivity index is 1.87. The van der Waals surface area contributed by atoms with Gasteiger partial charge < -0.3 is 10.6 Å². The van der Waals surface area contributed by atoms with Crippen LogP contribution in [-0.2, 0) is 0 Å².